The first-order valence-electron chi connectivity index (χ1n) is 6.10. The molecule has 0 aliphatic heterocycles. The number of ether oxygens (including phenoxy) is 1. The molecule has 1 aromatic rings. The van der Waals surface area contributed by atoms with Crippen LogP contribution in [0.15, 0.2) is 24.3 Å². The average Bonchev–Trinajstić information content (AvgIpc) is 3.20. The van der Waals surface area contributed by atoms with E-state index in [-0.39, 0.29) is 5.56 Å². The highest BCUT2D eigenvalue weighted by Gasteiger charge is 2.35. The molecule has 0 N–H and O–H groups in total. The van der Waals surface area contributed by atoms with E-state index in [1.54, 1.807) is 0 Å². The van der Waals surface area contributed by atoms with E-state index in [0.29, 0.717) is 25.0 Å². The van der Waals surface area contributed by atoms with Crippen LogP contribution < -0.4 is 0 Å². The number of hydrogen-bond acceptors (Lipinski definition) is 2. The van der Waals surface area contributed by atoms with Crippen molar-refractivity contribution >= 4 is 11.5 Å². The number of allylic oxidation sites excluding steroid dienone is 1. The summed E-state index contributed by atoms with van der Waals surface area (Å²) in [4.78, 5) is 11.4. The Morgan fingerprint density at radius 1 is 1.14 bits per heavy atom. The first-order valence-corrected chi connectivity index (χ1v) is 6.10. The highest BCUT2D eigenvalue weighted by atomic mass is 19.4. The van der Waals surface area contributed by atoms with Gasteiger partial charge in [0.1, 0.15) is 0 Å². The Bertz CT molecular complexity index is 596. The van der Waals surface area contributed by atoms with E-state index in [2.05, 4.69) is 4.74 Å². The molecule has 0 atom stereocenters. The van der Waals surface area contributed by atoms with Crippen molar-refractivity contribution in [3.63, 3.8) is 0 Å². The number of carbonyl (C=O) groups excluding carboxylic acids is 1. The Hall–Kier alpha value is -1.92. The van der Waals surface area contributed by atoms with Crippen LogP contribution in [0.1, 0.15) is 34.3 Å². The molecule has 0 unspecified atom stereocenters. The van der Waals surface area contributed by atoms with Gasteiger partial charge in [-0.2, -0.15) is 22.0 Å². The molecule has 2 nitrogen and oxygen atoms in total. The predicted octanol–water partition coefficient (Wildman–Crippen LogP) is 4.51. The zero-order chi connectivity index (χ0) is 15.8. The largest absolute Gasteiger partial charge is 0.465 e. The highest BCUT2D eigenvalue weighted by Crippen LogP contribution is 2.45. The highest BCUT2D eigenvalue weighted by molar-refractivity contribution is 5.91. The van der Waals surface area contributed by atoms with Gasteiger partial charge in [-0.05, 0) is 42.5 Å². The quantitative estimate of drug-likeness (QED) is 0.606. The summed E-state index contributed by atoms with van der Waals surface area (Å²) in [6.45, 7) is 0. The van der Waals surface area contributed by atoms with Crippen molar-refractivity contribution in [2.24, 2.45) is 5.92 Å². The minimum Gasteiger partial charge on any atom is -0.465 e. The molecule has 0 bridgehead atoms. The number of hydrogen-bond donors (Lipinski definition) is 0. The summed E-state index contributed by atoms with van der Waals surface area (Å²) in [7, 11) is 1.01. The first kappa shape index (κ1) is 15.5. The molecule has 0 spiro atoms. The third-order valence-corrected chi connectivity index (χ3v) is 3.18. The summed E-state index contributed by atoms with van der Waals surface area (Å²) in [5, 5.41) is 0. The number of carbonyl (C=O) groups is 1. The minimum absolute atomic E-state index is 0.285. The molecule has 1 aromatic carbocycles. The molecule has 1 aliphatic carbocycles. The molecule has 0 saturated heterocycles. The van der Waals surface area contributed by atoms with E-state index in [9.17, 15) is 26.7 Å². The number of methoxy groups -OCH3 is 1. The van der Waals surface area contributed by atoms with Gasteiger partial charge in [0.25, 0.3) is 6.08 Å². The van der Waals surface area contributed by atoms with Crippen LogP contribution in [0, 0.1) is 5.92 Å². The summed E-state index contributed by atoms with van der Waals surface area (Å²) < 4.78 is 68.9. The summed E-state index contributed by atoms with van der Waals surface area (Å²) in [5.41, 5.74) is -2.26. The maximum Gasteiger partial charge on any atom is 0.416 e. The minimum atomic E-state index is -4.74. The lowest BCUT2D eigenvalue weighted by atomic mass is 9.97. The van der Waals surface area contributed by atoms with Gasteiger partial charge in [0, 0.05) is 5.57 Å². The van der Waals surface area contributed by atoms with Gasteiger partial charge in [0.05, 0.1) is 18.2 Å². The third kappa shape index (κ3) is 3.40. The van der Waals surface area contributed by atoms with E-state index >= 15 is 0 Å². The zero-order valence-electron chi connectivity index (χ0n) is 10.9. The normalized spacial score (nSPS) is 14.8. The third-order valence-electron chi connectivity index (χ3n) is 3.18. The number of halogens is 5. The Kier molecular flexibility index (Phi) is 4.02. The fourth-order valence-electron chi connectivity index (χ4n) is 2.05. The van der Waals surface area contributed by atoms with E-state index in [1.807, 2.05) is 0 Å². The monoisotopic (exact) mass is 306 g/mol. The van der Waals surface area contributed by atoms with Gasteiger partial charge in [-0.1, -0.05) is 0 Å². The van der Waals surface area contributed by atoms with Crippen molar-refractivity contribution in [1.82, 2.24) is 0 Å². The van der Waals surface area contributed by atoms with Crippen LogP contribution in [0.2, 0.25) is 0 Å². The average molecular weight is 306 g/mol. The van der Waals surface area contributed by atoms with Gasteiger partial charge >= 0.3 is 12.1 Å². The van der Waals surface area contributed by atoms with Gasteiger partial charge in [-0.3, -0.25) is 0 Å². The second-order valence-corrected chi connectivity index (χ2v) is 4.74. The van der Waals surface area contributed by atoms with Crippen LogP contribution in [-0.2, 0) is 10.9 Å². The van der Waals surface area contributed by atoms with Crippen molar-refractivity contribution in [1.29, 1.82) is 0 Å². The summed E-state index contributed by atoms with van der Waals surface area (Å²) >= 11 is 0. The number of alkyl halides is 3. The summed E-state index contributed by atoms with van der Waals surface area (Å²) in [5.74, 6) is -1.46. The Labute approximate surface area is 117 Å². The summed E-state index contributed by atoms with van der Waals surface area (Å²) in [6, 6.07) is 2.24. The molecule has 0 amide bonds. The molecule has 2 rings (SSSR count). The lowest BCUT2D eigenvalue weighted by Gasteiger charge is -2.13. The van der Waals surface area contributed by atoms with Crippen LogP contribution in [0.4, 0.5) is 22.0 Å². The Balaban J connectivity index is 2.60. The summed E-state index contributed by atoms with van der Waals surface area (Å²) in [6.07, 6.45) is -5.76. The molecule has 114 valence electrons. The van der Waals surface area contributed by atoms with Gasteiger partial charge < -0.3 is 4.74 Å². The molecule has 21 heavy (non-hydrogen) atoms. The number of rotatable bonds is 3. The van der Waals surface area contributed by atoms with Crippen LogP contribution in [-0.4, -0.2) is 13.1 Å². The molecular weight excluding hydrogens is 295 g/mol. The second-order valence-electron chi connectivity index (χ2n) is 4.74. The molecule has 1 saturated carbocycles. The van der Waals surface area contributed by atoms with Crippen molar-refractivity contribution in [2.45, 2.75) is 19.0 Å². The SMILES string of the molecule is COC(=O)c1cc(C(=C(F)F)C2CC2)cc(C(F)(F)F)c1. The maximum atomic E-state index is 13.0. The first-order chi connectivity index (χ1) is 9.74. The topological polar surface area (TPSA) is 26.3 Å². The van der Waals surface area contributed by atoms with Crippen LogP contribution in [0.3, 0.4) is 0 Å². The van der Waals surface area contributed by atoms with Gasteiger partial charge in [-0.25, -0.2) is 4.79 Å². The molecular formula is C14H11F5O2. The molecule has 1 aliphatic rings. The Morgan fingerprint density at radius 3 is 2.14 bits per heavy atom. The molecule has 0 heterocycles. The molecule has 0 radical (unpaired) electrons. The number of esters is 1. The second kappa shape index (κ2) is 5.46. The molecule has 1 fully saturated rings. The molecule has 0 aromatic heterocycles. The Morgan fingerprint density at radius 2 is 1.71 bits per heavy atom. The fraction of sp³-hybridized carbons (Fsp3) is 0.357. The lowest BCUT2D eigenvalue weighted by Crippen LogP contribution is -2.10. The predicted molar refractivity (Wildman–Crippen MR) is 64.6 cm³/mol. The fourth-order valence-corrected chi connectivity index (χ4v) is 2.05. The van der Waals surface area contributed by atoms with Crippen molar-refractivity contribution in [2.75, 3.05) is 7.11 Å². The molecule has 7 heteroatoms. The van der Waals surface area contributed by atoms with Gasteiger partial charge in [0.2, 0.25) is 0 Å². The van der Waals surface area contributed by atoms with E-state index in [4.69, 9.17) is 0 Å². The van der Waals surface area contributed by atoms with E-state index in [1.165, 1.54) is 0 Å². The van der Waals surface area contributed by atoms with Crippen LogP contribution >= 0.6 is 0 Å². The van der Waals surface area contributed by atoms with Crippen LogP contribution in [0.5, 0.6) is 0 Å². The zero-order valence-corrected chi connectivity index (χ0v) is 10.9. The van der Waals surface area contributed by atoms with Gasteiger partial charge in [0.15, 0.2) is 0 Å². The maximum absolute atomic E-state index is 13.0. The number of benzene rings is 1. The van der Waals surface area contributed by atoms with Crippen molar-refractivity contribution in [3.8, 4) is 0 Å². The van der Waals surface area contributed by atoms with Crippen molar-refractivity contribution in [3.05, 3.63) is 41.0 Å². The van der Waals surface area contributed by atoms with Crippen molar-refractivity contribution < 1.29 is 31.5 Å². The standard InChI is InChI=1S/C14H11F5O2/c1-21-13(20)9-4-8(5-10(6-9)14(17,18)19)11(12(15)16)7-2-3-7/h4-7H,2-3H2,1H3. The van der Waals surface area contributed by atoms with Crippen LogP contribution in [0.25, 0.3) is 5.57 Å². The van der Waals surface area contributed by atoms with E-state index < -0.39 is 40.8 Å². The van der Waals surface area contributed by atoms with E-state index in [0.717, 1.165) is 13.2 Å². The smallest absolute Gasteiger partial charge is 0.416 e. The lowest BCUT2D eigenvalue weighted by molar-refractivity contribution is -0.137. The van der Waals surface area contributed by atoms with Gasteiger partial charge in [-0.15, -0.1) is 0 Å².